The Morgan fingerprint density at radius 3 is 2.74 bits per heavy atom. The van der Waals surface area contributed by atoms with E-state index in [1.54, 1.807) is 6.07 Å². The number of hydrogen-bond acceptors (Lipinski definition) is 4. The molecular weight excluding hydrogens is 242 g/mol. The Morgan fingerprint density at radius 2 is 2.05 bits per heavy atom. The van der Waals surface area contributed by atoms with E-state index in [0.717, 1.165) is 12.1 Å². The van der Waals surface area contributed by atoms with Crippen molar-refractivity contribution in [3.05, 3.63) is 28.3 Å². The molecule has 19 heavy (non-hydrogen) atoms. The van der Waals surface area contributed by atoms with E-state index in [2.05, 4.69) is 12.2 Å². The molecule has 1 aliphatic rings. The Hall–Kier alpha value is -1.78. The number of non-ortho nitro benzene ring substituents is 1. The molecule has 0 spiro atoms. The number of nitrogens with one attached hydrogen (secondary N) is 1. The molecule has 0 aliphatic heterocycles. The number of hydrogen-bond donors (Lipinski definition) is 2. The minimum absolute atomic E-state index is 0.0389. The predicted molar refractivity (Wildman–Crippen MR) is 77.2 cm³/mol. The molecule has 5 heteroatoms. The number of nitrogens with two attached hydrogens (primary N) is 1. The van der Waals surface area contributed by atoms with Gasteiger partial charge in [-0.2, -0.15) is 0 Å². The van der Waals surface area contributed by atoms with Crippen molar-refractivity contribution in [2.24, 2.45) is 5.92 Å². The second-order valence-electron chi connectivity index (χ2n) is 5.39. The maximum atomic E-state index is 10.7. The molecule has 2 unspecified atom stereocenters. The summed E-state index contributed by atoms with van der Waals surface area (Å²) in [6.07, 6.45) is 6.17. The summed E-state index contributed by atoms with van der Waals surface area (Å²) in [5, 5.41) is 14.1. The number of anilines is 2. The molecule has 0 heterocycles. The van der Waals surface area contributed by atoms with Crippen LogP contribution in [0.1, 0.15) is 39.0 Å². The van der Waals surface area contributed by atoms with E-state index >= 15 is 0 Å². The van der Waals surface area contributed by atoms with E-state index in [1.807, 2.05) is 0 Å². The molecule has 1 saturated carbocycles. The van der Waals surface area contributed by atoms with Gasteiger partial charge in [0.2, 0.25) is 0 Å². The third kappa shape index (κ3) is 3.36. The fourth-order valence-electron chi connectivity index (χ4n) is 2.70. The zero-order valence-corrected chi connectivity index (χ0v) is 11.3. The summed E-state index contributed by atoms with van der Waals surface area (Å²) >= 11 is 0. The summed E-state index contributed by atoms with van der Waals surface area (Å²) < 4.78 is 0. The maximum absolute atomic E-state index is 10.7. The lowest BCUT2D eigenvalue weighted by molar-refractivity contribution is -0.384. The van der Waals surface area contributed by atoms with Crippen molar-refractivity contribution in [2.45, 2.75) is 45.1 Å². The van der Waals surface area contributed by atoms with Gasteiger partial charge in [-0.15, -0.1) is 0 Å². The zero-order chi connectivity index (χ0) is 13.8. The van der Waals surface area contributed by atoms with Crippen molar-refractivity contribution < 1.29 is 4.92 Å². The van der Waals surface area contributed by atoms with Gasteiger partial charge >= 0.3 is 0 Å². The molecule has 5 nitrogen and oxygen atoms in total. The Kier molecular flexibility index (Phi) is 4.24. The first-order valence-corrected chi connectivity index (χ1v) is 6.88. The third-order valence-corrected chi connectivity index (χ3v) is 3.95. The van der Waals surface area contributed by atoms with Crippen molar-refractivity contribution in [3.63, 3.8) is 0 Å². The molecule has 104 valence electrons. The van der Waals surface area contributed by atoms with E-state index in [1.165, 1.54) is 37.8 Å². The molecule has 2 atom stereocenters. The summed E-state index contributed by atoms with van der Waals surface area (Å²) in [6.45, 7) is 2.25. The molecule has 0 saturated heterocycles. The SMILES string of the molecule is CC1CCCCCC1Nc1ccc([N+](=O)[O-])cc1N. The Morgan fingerprint density at radius 1 is 1.32 bits per heavy atom. The molecule has 0 radical (unpaired) electrons. The van der Waals surface area contributed by atoms with Crippen LogP contribution in [-0.2, 0) is 0 Å². The highest BCUT2D eigenvalue weighted by Crippen LogP contribution is 2.29. The van der Waals surface area contributed by atoms with E-state index in [4.69, 9.17) is 5.73 Å². The quantitative estimate of drug-likeness (QED) is 0.378. The first-order valence-electron chi connectivity index (χ1n) is 6.88. The van der Waals surface area contributed by atoms with Crippen LogP contribution in [0.2, 0.25) is 0 Å². The maximum Gasteiger partial charge on any atom is 0.271 e. The van der Waals surface area contributed by atoms with E-state index in [-0.39, 0.29) is 5.69 Å². The number of nitro benzene ring substituents is 1. The number of benzene rings is 1. The first kappa shape index (κ1) is 13.6. The van der Waals surface area contributed by atoms with Crippen molar-refractivity contribution >= 4 is 17.1 Å². The molecule has 1 aromatic rings. The van der Waals surface area contributed by atoms with Crippen LogP contribution >= 0.6 is 0 Å². The van der Waals surface area contributed by atoms with Gasteiger partial charge in [0.05, 0.1) is 16.3 Å². The van der Waals surface area contributed by atoms with Gasteiger partial charge in [0.15, 0.2) is 0 Å². The van der Waals surface area contributed by atoms with Crippen LogP contribution in [-0.4, -0.2) is 11.0 Å². The fourth-order valence-corrected chi connectivity index (χ4v) is 2.70. The number of rotatable bonds is 3. The lowest BCUT2D eigenvalue weighted by Crippen LogP contribution is -2.26. The molecule has 1 fully saturated rings. The van der Waals surface area contributed by atoms with Gasteiger partial charge in [0, 0.05) is 18.2 Å². The molecular formula is C14H21N3O2. The minimum Gasteiger partial charge on any atom is -0.397 e. The van der Waals surface area contributed by atoms with Crippen LogP contribution in [0.15, 0.2) is 18.2 Å². The van der Waals surface area contributed by atoms with Gasteiger partial charge in [-0.3, -0.25) is 10.1 Å². The molecule has 1 aliphatic carbocycles. The molecule has 0 aromatic heterocycles. The Labute approximate surface area is 113 Å². The van der Waals surface area contributed by atoms with Crippen LogP contribution in [0.25, 0.3) is 0 Å². The van der Waals surface area contributed by atoms with Crippen LogP contribution in [0, 0.1) is 16.0 Å². The first-order chi connectivity index (χ1) is 9.08. The Balaban J connectivity index is 2.11. The lowest BCUT2D eigenvalue weighted by Gasteiger charge is -2.24. The van der Waals surface area contributed by atoms with Gasteiger partial charge in [-0.05, 0) is 24.8 Å². The van der Waals surface area contributed by atoms with E-state index < -0.39 is 4.92 Å². The summed E-state index contributed by atoms with van der Waals surface area (Å²) in [6, 6.07) is 5.04. The third-order valence-electron chi connectivity index (χ3n) is 3.95. The van der Waals surface area contributed by atoms with Crippen molar-refractivity contribution in [1.29, 1.82) is 0 Å². The van der Waals surface area contributed by atoms with Crippen molar-refractivity contribution in [3.8, 4) is 0 Å². The Bertz CT molecular complexity index is 462. The number of nitro groups is 1. The van der Waals surface area contributed by atoms with Gasteiger partial charge in [0.1, 0.15) is 0 Å². The van der Waals surface area contributed by atoms with Gasteiger partial charge in [-0.25, -0.2) is 0 Å². The van der Waals surface area contributed by atoms with Crippen LogP contribution in [0.4, 0.5) is 17.1 Å². The van der Waals surface area contributed by atoms with Crippen molar-refractivity contribution in [2.75, 3.05) is 11.1 Å². The standard InChI is InChI=1S/C14H21N3O2/c1-10-5-3-2-4-6-13(10)16-14-8-7-11(17(18)19)9-12(14)15/h7-10,13,16H,2-6,15H2,1H3. The number of nitrogen functional groups attached to an aromatic ring is 1. The number of nitrogens with zero attached hydrogens (tertiary/aromatic N) is 1. The average Bonchev–Trinajstić information content (AvgIpc) is 2.57. The van der Waals surface area contributed by atoms with Gasteiger partial charge < -0.3 is 11.1 Å². The smallest absolute Gasteiger partial charge is 0.271 e. The average molecular weight is 263 g/mol. The van der Waals surface area contributed by atoms with Crippen LogP contribution in [0.3, 0.4) is 0 Å². The molecule has 1 aromatic carbocycles. The lowest BCUT2D eigenvalue weighted by atomic mass is 9.96. The highest BCUT2D eigenvalue weighted by atomic mass is 16.6. The summed E-state index contributed by atoms with van der Waals surface area (Å²) in [5.41, 5.74) is 7.19. The highest BCUT2D eigenvalue weighted by Gasteiger charge is 2.20. The second-order valence-corrected chi connectivity index (χ2v) is 5.39. The predicted octanol–water partition coefficient (Wildman–Crippen LogP) is 3.56. The highest BCUT2D eigenvalue weighted by molar-refractivity contribution is 5.69. The molecule has 3 N–H and O–H groups in total. The summed E-state index contributed by atoms with van der Waals surface area (Å²) in [7, 11) is 0. The largest absolute Gasteiger partial charge is 0.397 e. The topological polar surface area (TPSA) is 81.2 Å². The summed E-state index contributed by atoms with van der Waals surface area (Å²) in [4.78, 5) is 10.3. The summed E-state index contributed by atoms with van der Waals surface area (Å²) in [5.74, 6) is 0.608. The van der Waals surface area contributed by atoms with Crippen molar-refractivity contribution in [1.82, 2.24) is 0 Å². The second kappa shape index (κ2) is 5.91. The molecule has 0 bridgehead atoms. The molecule has 0 amide bonds. The van der Waals surface area contributed by atoms with Crippen LogP contribution < -0.4 is 11.1 Å². The van der Waals surface area contributed by atoms with Gasteiger partial charge in [-0.1, -0.05) is 26.2 Å². The monoisotopic (exact) mass is 263 g/mol. The van der Waals surface area contributed by atoms with Gasteiger partial charge in [0.25, 0.3) is 5.69 Å². The fraction of sp³-hybridized carbons (Fsp3) is 0.571. The zero-order valence-electron chi connectivity index (χ0n) is 11.3. The minimum atomic E-state index is -0.422. The van der Waals surface area contributed by atoms with E-state index in [9.17, 15) is 10.1 Å². The molecule has 2 rings (SSSR count). The van der Waals surface area contributed by atoms with Crippen LogP contribution in [0.5, 0.6) is 0 Å². The van der Waals surface area contributed by atoms with E-state index in [0.29, 0.717) is 17.6 Å². The normalized spacial score (nSPS) is 23.6.